The lowest BCUT2D eigenvalue weighted by atomic mass is 10.4. The van der Waals surface area contributed by atoms with Crippen LogP contribution in [0.1, 0.15) is 0 Å². The van der Waals surface area contributed by atoms with Crippen molar-refractivity contribution >= 4 is 5.70 Å². The van der Waals surface area contributed by atoms with Gasteiger partial charge in [-0.25, -0.2) is 0 Å². The van der Waals surface area contributed by atoms with Crippen LogP contribution < -0.4 is 4.57 Å². The number of pyridine rings is 1. The van der Waals surface area contributed by atoms with Gasteiger partial charge in [-0.2, -0.15) is 4.57 Å². The van der Waals surface area contributed by atoms with E-state index in [9.17, 15) is 0 Å². The third kappa shape index (κ3) is 1.14. The highest BCUT2D eigenvalue weighted by molar-refractivity contribution is 5.51. The number of hydrogen-bond acceptors (Lipinski definition) is 0. The monoisotopic (exact) mass is 142 g/mol. The SMILES string of the molecule is C1=CC=CC=1[n+]1ccccc1. The molecular formula is C10H8N+. The lowest BCUT2D eigenvalue weighted by Crippen LogP contribution is -2.28. The first-order valence-electron chi connectivity index (χ1n) is 3.57. The summed E-state index contributed by atoms with van der Waals surface area (Å²) in [5.41, 5.74) is 4.20. The minimum absolute atomic E-state index is 1.09. The standard InChI is InChI=1S/C10H8N/c1-4-8-11(9-5-1)10-6-2-3-7-10/h1-6,8-9H/q+1. The van der Waals surface area contributed by atoms with Gasteiger partial charge in [-0.1, -0.05) is 6.07 Å². The summed E-state index contributed by atoms with van der Waals surface area (Å²) < 4.78 is 2.03. The Kier molecular flexibility index (Phi) is 1.43. The first kappa shape index (κ1) is 6.14. The lowest BCUT2D eigenvalue weighted by molar-refractivity contribution is -0.578. The van der Waals surface area contributed by atoms with E-state index >= 15 is 0 Å². The van der Waals surface area contributed by atoms with Crippen molar-refractivity contribution in [3.63, 3.8) is 0 Å². The summed E-state index contributed by atoms with van der Waals surface area (Å²) >= 11 is 0. The molecule has 0 aliphatic heterocycles. The second-order valence-corrected chi connectivity index (χ2v) is 2.34. The smallest absolute Gasteiger partial charge is 0.160 e. The molecule has 0 fully saturated rings. The van der Waals surface area contributed by atoms with Gasteiger partial charge in [0, 0.05) is 18.2 Å². The van der Waals surface area contributed by atoms with Crippen LogP contribution in [0, 0.1) is 0 Å². The van der Waals surface area contributed by atoms with Crippen LogP contribution >= 0.6 is 0 Å². The molecule has 0 atom stereocenters. The fourth-order valence-corrected chi connectivity index (χ4v) is 1.04. The van der Waals surface area contributed by atoms with Gasteiger partial charge < -0.3 is 0 Å². The Hall–Kier alpha value is -1.59. The first-order chi connectivity index (χ1) is 5.47. The molecule has 2 rings (SSSR count). The van der Waals surface area contributed by atoms with Crippen LogP contribution in [0.25, 0.3) is 5.70 Å². The van der Waals surface area contributed by atoms with Crippen molar-refractivity contribution in [3.05, 3.63) is 54.6 Å². The topological polar surface area (TPSA) is 3.88 Å². The Labute approximate surface area is 65.6 Å². The van der Waals surface area contributed by atoms with Crippen LogP contribution in [0.2, 0.25) is 0 Å². The molecule has 0 bridgehead atoms. The molecule has 1 aliphatic rings. The van der Waals surface area contributed by atoms with Crippen molar-refractivity contribution in [2.45, 2.75) is 0 Å². The predicted molar refractivity (Wildman–Crippen MR) is 43.6 cm³/mol. The van der Waals surface area contributed by atoms with Gasteiger partial charge in [0.1, 0.15) is 0 Å². The van der Waals surface area contributed by atoms with Crippen molar-refractivity contribution in [1.29, 1.82) is 0 Å². The Bertz CT molecular complexity index is 340. The minimum atomic E-state index is 1.09. The second kappa shape index (κ2) is 2.57. The highest BCUT2D eigenvalue weighted by atomic mass is 14.9. The van der Waals surface area contributed by atoms with E-state index in [2.05, 4.69) is 5.73 Å². The lowest BCUT2D eigenvalue weighted by Gasteiger charge is -1.87. The highest BCUT2D eigenvalue weighted by Crippen LogP contribution is 1.99. The van der Waals surface area contributed by atoms with E-state index in [1.165, 1.54) is 0 Å². The van der Waals surface area contributed by atoms with Gasteiger partial charge in [-0.3, -0.25) is 0 Å². The Morgan fingerprint density at radius 1 is 1.09 bits per heavy atom. The van der Waals surface area contributed by atoms with Crippen LogP contribution in [-0.4, -0.2) is 0 Å². The molecule has 1 heteroatoms. The average molecular weight is 142 g/mol. The summed E-state index contributed by atoms with van der Waals surface area (Å²) in [6.07, 6.45) is 9.93. The fourth-order valence-electron chi connectivity index (χ4n) is 1.04. The summed E-state index contributed by atoms with van der Waals surface area (Å²) in [7, 11) is 0. The normalized spacial score (nSPS) is 13.6. The Morgan fingerprint density at radius 2 is 1.91 bits per heavy atom. The van der Waals surface area contributed by atoms with Crippen LogP contribution in [-0.2, 0) is 0 Å². The molecular weight excluding hydrogens is 134 g/mol. The maximum atomic E-state index is 3.12. The van der Waals surface area contributed by atoms with E-state index < -0.39 is 0 Å². The molecule has 1 aromatic heterocycles. The number of allylic oxidation sites excluding steroid dienone is 3. The zero-order chi connectivity index (χ0) is 7.52. The van der Waals surface area contributed by atoms with E-state index in [1.807, 2.05) is 53.4 Å². The number of aromatic nitrogens is 1. The number of rotatable bonds is 1. The van der Waals surface area contributed by atoms with Gasteiger partial charge in [0.05, 0.1) is 0 Å². The van der Waals surface area contributed by atoms with Crippen LogP contribution in [0.4, 0.5) is 0 Å². The Balaban J connectivity index is 2.46. The van der Waals surface area contributed by atoms with Crippen molar-refractivity contribution in [1.82, 2.24) is 0 Å². The summed E-state index contributed by atoms with van der Waals surface area (Å²) in [6, 6.07) is 6.00. The molecule has 0 amide bonds. The first-order valence-corrected chi connectivity index (χ1v) is 3.57. The van der Waals surface area contributed by atoms with E-state index in [1.54, 1.807) is 0 Å². The minimum Gasteiger partial charge on any atom is -0.160 e. The van der Waals surface area contributed by atoms with Gasteiger partial charge in [0.2, 0.25) is 0 Å². The zero-order valence-corrected chi connectivity index (χ0v) is 6.07. The van der Waals surface area contributed by atoms with Gasteiger partial charge in [-0.05, 0) is 17.9 Å². The van der Waals surface area contributed by atoms with E-state index in [0.717, 1.165) is 5.70 Å². The number of nitrogens with zero attached hydrogens (tertiary/aromatic N) is 1. The van der Waals surface area contributed by atoms with Crippen LogP contribution in [0.5, 0.6) is 0 Å². The van der Waals surface area contributed by atoms with Crippen LogP contribution in [0.3, 0.4) is 0 Å². The molecule has 1 aliphatic carbocycles. The molecule has 1 nitrogen and oxygen atoms in total. The summed E-state index contributed by atoms with van der Waals surface area (Å²) in [6.45, 7) is 0. The van der Waals surface area contributed by atoms with Gasteiger partial charge in [-0.15, -0.1) is 0 Å². The van der Waals surface area contributed by atoms with Gasteiger partial charge in [0.25, 0.3) is 5.70 Å². The van der Waals surface area contributed by atoms with Crippen molar-refractivity contribution in [2.75, 3.05) is 0 Å². The van der Waals surface area contributed by atoms with Crippen molar-refractivity contribution in [2.24, 2.45) is 0 Å². The second-order valence-electron chi connectivity index (χ2n) is 2.34. The summed E-state index contributed by atoms with van der Waals surface area (Å²) in [4.78, 5) is 0. The molecule has 11 heavy (non-hydrogen) atoms. The van der Waals surface area contributed by atoms with E-state index in [-0.39, 0.29) is 0 Å². The summed E-state index contributed by atoms with van der Waals surface area (Å²) in [5.74, 6) is 0. The quantitative estimate of drug-likeness (QED) is 0.413. The van der Waals surface area contributed by atoms with Crippen molar-refractivity contribution < 1.29 is 4.57 Å². The van der Waals surface area contributed by atoms with E-state index in [4.69, 9.17) is 0 Å². The Morgan fingerprint density at radius 3 is 2.55 bits per heavy atom. The highest BCUT2D eigenvalue weighted by Gasteiger charge is 2.04. The molecule has 0 saturated heterocycles. The molecule has 0 spiro atoms. The van der Waals surface area contributed by atoms with Gasteiger partial charge in [0.15, 0.2) is 12.4 Å². The summed E-state index contributed by atoms with van der Waals surface area (Å²) in [5, 5.41) is 0. The zero-order valence-electron chi connectivity index (χ0n) is 6.07. The molecule has 0 N–H and O–H groups in total. The van der Waals surface area contributed by atoms with Crippen molar-refractivity contribution in [3.8, 4) is 0 Å². The maximum absolute atomic E-state index is 3.12. The molecule has 0 radical (unpaired) electrons. The van der Waals surface area contributed by atoms with Crippen LogP contribution in [0.15, 0.2) is 54.6 Å². The fraction of sp³-hybridized carbons (Fsp3) is 0. The molecule has 0 saturated carbocycles. The van der Waals surface area contributed by atoms with Gasteiger partial charge >= 0.3 is 0 Å². The molecule has 52 valence electrons. The molecule has 1 aromatic rings. The maximum Gasteiger partial charge on any atom is 0.254 e. The largest absolute Gasteiger partial charge is 0.254 e. The molecule has 0 aromatic carbocycles. The third-order valence-electron chi connectivity index (χ3n) is 1.58. The number of hydrogen-bond donors (Lipinski definition) is 0. The third-order valence-corrected chi connectivity index (χ3v) is 1.58. The predicted octanol–water partition coefficient (Wildman–Crippen LogP) is 1.54. The van der Waals surface area contributed by atoms with E-state index in [0.29, 0.717) is 0 Å². The molecule has 0 unspecified atom stereocenters. The molecule has 1 heterocycles. The average Bonchev–Trinajstić information content (AvgIpc) is 2.58.